The monoisotopic (exact) mass is 302 g/mol. The van der Waals surface area contributed by atoms with Crippen molar-refractivity contribution < 1.29 is 14.7 Å². The highest BCUT2D eigenvalue weighted by Gasteiger charge is 2.34. The standard InChI is InChI=1S/C15H14N2O3S/c18-14(10-3-1-4-11(16-10)15(19)20)17-13(9-6-7-9)12-5-2-8-21-12/h1-5,8-9,13H,6-7H2,(H,17,18)(H,19,20). The van der Waals surface area contributed by atoms with Crippen LogP contribution in [-0.2, 0) is 0 Å². The number of carboxylic acids is 1. The molecule has 1 atom stereocenters. The van der Waals surface area contributed by atoms with Gasteiger partial charge in [0.1, 0.15) is 11.4 Å². The first kappa shape index (κ1) is 13.8. The van der Waals surface area contributed by atoms with Crippen LogP contribution in [0.1, 0.15) is 44.7 Å². The fraction of sp³-hybridized carbons (Fsp3) is 0.267. The fourth-order valence-corrected chi connectivity index (χ4v) is 3.08. The molecule has 0 spiro atoms. The van der Waals surface area contributed by atoms with Crippen LogP contribution in [0.2, 0.25) is 0 Å². The van der Waals surface area contributed by atoms with Gasteiger partial charge in [0.25, 0.3) is 5.91 Å². The van der Waals surface area contributed by atoms with E-state index in [0.717, 1.165) is 17.7 Å². The number of rotatable bonds is 5. The van der Waals surface area contributed by atoms with Gasteiger partial charge in [0.2, 0.25) is 0 Å². The molecule has 0 aliphatic heterocycles. The number of thiophene rings is 1. The van der Waals surface area contributed by atoms with Gasteiger partial charge >= 0.3 is 5.97 Å². The van der Waals surface area contributed by atoms with E-state index < -0.39 is 5.97 Å². The van der Waals surface area contributed by atoms with Crippen molar-refractivity contribution >= 4 is 23.2 Å². The van der Waals surface area contributed by atoms with Crippen LogP contribution in [-0.4, -0.2) is 22.0 Å². The number of hydrogen-bond acceptors (Lipinski definition) is 4. The Hall–Kier alpha value is -2.21. The van der Waals surface area contributed by atoms with Crippen LogP contribution in [0.4, 0.5) is 0 Å². The SMILES string of the molecule is O=C(O)c1cccc(C(=O)NC(c2cccs2)C2CC2)n1. The Morgan fingerprint density at radius 3 is 2.62 bits per heavy atom. The third kappa shape index (κ3) is 3.11. The Kier molecular flexibility index (Phi) is 3.70. The Labute approximate surface area is 125 Å². The first-order valence-electron chi connectivity index (χ1n) is 6.70. The smallest absolute Gasteiger partial charge is 0.354 e. The summed E-state index contributed by atoms with van der Waals surface area (Å²) in [6, 6.07) is 8.40. The number of nitrogens with one attached hydrogen (secondary N) is 1. The van der Waals surface area contributed by atoms with Crippen LogP contribution < -0.4 is 5.32 Å². The number of carboxylic acid groups (broad SMARTS) is 1. The van der Waals surface area contributed by atoms with Crippen molar-refractivity contribution in [3.63, 3.8) is 0 Å². The van der Waals surface area contributed by atoms with Gasteiger partial charge < -0.3 is 10.4 Å². The molecule has 3 rings (SSSR count). The number of pyridine rings is 1. The fourth-order valence-electron chi connectivity index (χ4n) is 2.21. The lowest BCUT2D eigenvalue weighted by atomic mass is 10.1. The summed E-state index contributed by atoms with van der Waals surface area (Å²) in [6.45, 7) is 0. The molecular weight excluding hydrogens is 288 g/mol. The van der Waals surface area contributed by atoms with Crippen molar-refractivity contribution in [2.75, 3.05) is 0 Å². The summed E-state index contributed by atoms with van der Waals surface area (Å²) in [5.41, 5.74) is 0.0128. The molecule has 2 heterocycles. The number of carbonyl (C=O) groups is 2. The number of carbonyl (C=O) groups excluding carboxylic acids is 1. The topological polar surface area (TPSA) is 79.3 Å². The molecule has 108 valence electrons. The number of amides is 1. The zero-order valence-electron chi connectivity index (χ0n) is 11.2. The van der Waals surface area contributed by atoms with Crippen LogP contribution >= 0.6 is 11.3 Å². The molecular formula is C15H14N2O3S. The van der Waals surface area contributed by atoms with Gasteiger partial charge in [-0.3, -0.25) is 4.79 Å². The minimum absolute atomic E-state index is 0.00668. The number of hydrogen-bond donors (Lipinski definition) is 2. The Morgan fingerprint density at radius 2 is 2.00 bits per heavy atom. The molecule has 0 radical (unpaired) electrons. The maximum absolute atomic E-state index is 12.3. The Morgan fingerprint density at radius 1 is 1.24 bits per heavy atom. The predicted octanol–water partition coefficient (Wildman–Crippen LogP) is 2.72. The highest BCUT2D eigenvalue weighted by atomic mass is 32.1. The lowest BCUT2D eigenvalue weighted by Crippen LogP contribution is -2.30. The number of aromatic carboxylic acids is 1. The largest absolute Gasteiger partial charge is 0.477 e. The molecule has 2 aromatic rings. The molecule has 1 amide bonds. The van der Waals surface area contributed by atoms with Gasteiger partial charge in [-0.2, -0.15) is 0 Å². The molecule has 0 aromatic carbocycles. The molecule has 0 bridgehead atoms. The van der Waals surface area contributed by atoms with E-state index in [2.05, 4.69) is 10.3 Å². The minimum atomic E-state index is -1.14. The van der Waals surface area contributed by atoms with Crippen molar-refractivity contribution in [3.05, 3.63) is 52.0 Å². The highest BCUT2D eigenvalue weighted by Crippen LogP contribution is 2.42. The second-order valence-electron chi connectivity index (χ2n) is 5.02. The molecule has 1 aliphatic carbocycles. The van der Waals surface area contributed by atoms with E-state index >= 15 is 0 Å². The summed E-state index contributed by atoms with van der Waals surface area (Å²) in [5.74, 6) is -1.000. The van der Waals surface area contributed by atoms with Crippen LogP contribution in [0.15, 0.2) is 35.7 Å². The van der Waals surface area contributed by atoms with Crippen LogP contribution in [0, 0.1) is 5.92 Å². The summed E-state index contributed by atoms with van der Waals surface area (Å²) in [6.07, 6.45) is 2.21. The summed E-state index contributed by atoms with van der Waals surface area (Å²) < 4.78 is 0. The van der Waals surface area contributed by atoms with E-state index in [-0.39, 0.29) is 23.3 Å². The van der Waals surface area contributed by atoms with E-state index in [1.54, 1.807) is 11.3 Å². The summed E-state index contributed by atoms with van der Waals surface area (Å²) in [7, 11) is 0. The summed E-state index contributed by atoms with van der Waals surface area (Å²) in [4.78, 5) is 28.2. The second-order valence-corrected chi connectivity index (χ2v) is 6.00. The van der Waals surface area contributed by atoms with Crippen molar-refractivity contribution in [2.45, 2.75) is 18.9 Å². The van der Waals surface area contributed by atoms with Crippen LogP contribution in [0.3, 0.4) is 0 Å². The molecule has 1 unspecified atom stereocenters. The van der Waals surface area contributed by atoms with Gasteiger partial charge in [-0.1, -0.05) is 12.1 Å². The zero-order chi connectivity index (χ0) is 14.8. The lowest BCUT2D eigenvalue weighted by Gasteiger charge is -2.16. The summed E-state index contributed by atoms with van der Waals surface area (Å²) >= 11 is 1.62. The first-order valence-corrected chi connectivity index (χ1v) is 7.58. The third-order valence-electron chi connectivity index (χ3n) is 3.43. The molecule has 21 heavy (non-hydrogen) atoms. The first-order chi connectivity index (χ1) is 10.1. The Bertz CT molecular complexity index is 665. The minimum Gasteiger partial charge on any atom is -0.477 e. The summed E-state index contributed by atoms with van der Waals surface area (Å²) in [5, 5.41) is 13.9. The maximum atomic E-state index is 12.3. The van der Waals surface area contributed by atoms with E-state index in [1.165, 1.54) is 18.2 Å². The van der Waals surface area contributed by atoms with Gasteiger partial charge in [-0.25, -0.2) is 9.78 Å². The molecule has 1 aliphatic rings. The van der Waals surface area contributed by atoms with Crippen molar-refractivity contribution in [1.82, 2.24) is 10.3 Å². The van der Waals surface area contributed by atoms with Crippen molar-refractivity contribution in [3.8, 4) is 0 Å². The van der Waals surface area contributed by atoms with Gasteiger partial charge in [-0.15, -0.1) is 11.3 Å². The zero-order valence-corrected chi connectivity index (χ0v) is 12.0. The average molecular weight is 302 g/mol. The molecule has 5 nitrogen and oxygen atoms in total. The van der Waals surface area contributed by atoms with Crippen molar-refractivity contribution in [2.24, 2.45) is 5.92 Å². The lowest BCUT2D eigenvalue weighted by molar-refractivity contribution is 0.0690. The number of aromatic nitrogens is 1. The molecule has 6 heteroatoms. The van der Waals surface area contributed by atoms with E-state index in [9.17, 15) is 9.59 Å². The van der Waals surface area contributed by atoms with Gasteiger partial charge in [0.15, 0.2) is 0 Å². The van der Waals surface area contributed by atoms with E-state index in [1.807, 2.05) is 17.5 Å². The number of nitrogens with zero attached hydrogens (tertiary/aromatic N) is 1. The highest BCUT2D eigenvalue weighted by molar-refractivity contribution is 7.10. The Balaban J connectivity index is 1.78. The van der Waals surface area contributed by atoms with Gasteiger partial charge in [0.05, 0.1) is 6.04 Å². The average Bonchev–Trinajstić information content (AvgIpc) is 3.18. The molecule has 1 saturated carbocycles. The quantitative estimate of drug-likeness (QED) is 0.890. The molecule has 0 saturated heterocycles. The molecule has 2 aromatic heterocycles. The van der Waals surface area contributed by atoms with E-state index in [0.29, 0.717) is 5.92 Å². The van der Waals surface area contributed by atoms with Gasteiger partial charge in [0, 0.05) is 4.88 Å². The predicted molar refractivity (Wildman–Crippen MR) is 78.4 cm³/mol. The van der Waals surface area contributed by atoms with E-state index in [4.69, 9.17) is 5.11 Å². The normalized spacial score (nSPS) is 15.4. The van der Waals surface area contributed by atoms with Crippen LogP contribution in [0.5, 0.6) is 0 Å². The van der Waals surface area contributed by atoms with Gasteiger partial charge in [-0.05, 0) is 42.3 Å². The van der Waals surface area contributed by atoms with Crippen molar-refractivity contribution in [1.29, 1.82) is 0 Å². The molecule has 1 fully saturated rings. The van der Waals surface area contributed by atoms with Crippen LogP contribution in [0.25, 0.3) is 0 Å². The maximum Gasteiger partial charge on any atom is 0.354 e. The third-order valence-corrected chi connectivity index (χ3v) is 4.39. The molecule has 2 N–H and O–H groups in total. The second kappa shape index (κ2) is 5.65.